The molecule has 0 heterocycles. The molecular weight excluding hydrogens is 1750 g/mol. The monoisotopic (exact) mass is 1910 g/mol. The highest BCUT2D eigenvalue weighted by Gasteiger charge is 2.32. The van der Waals surface area contributed by atoms with E-state index in [2.05, 4.69) is 230 Å². The molecular formula is C113H157N3O22. The topological polar surface area (TPSA) is 359 Å². The smallest absolute Gasteiger partial charge is 0.373 e. The molecule has 0 saturated heterocycles. The maximum absolute atomic E-state index is 13.1. The Morgan fingerprint density at radius 1 is 0.435 bits per heavy atom. The van der Waals surface area contributed by atoms with Crippen molar-refractivity contribution < 1.29 is 106 Å². The molecule has 138 heavy (non-hydrogen) atoms. The number of phenols is 2. The largest absolute Gasteiger partial charge is 0.508 e. The molecule has 756 valence electrons. The van der Waals surface area contributed by atoms with Crippen LogP contribution in [-0.2, 0) is 79.9 Å². The van der Waals surface area contributed by atoms with Crippen LogP contribution in [0.2, 0.25) is 0 Å². The number of ether oxygens (including phenoxy) is 9. The van der Waals surface area contributed by atoms with Crippen molar-refractivity contribution in [3.05, 3.63) is 299 Å². The highest BCUT2D eigenvalue weighted by molar-refractivity contribution is 5.88. The van der Waals surface area contributed by atoms with Crippen LogP contribution < -0.4 is 30.2 Å². The number of aromatic hydroxyl groups is 2. The number of phenolic OH excluding ortho intramolecular Hbond substituents is 2. The Bertz CT molecular complexity index is 4870. The molecule has 4 atom stereocenters. The van der Waals surface area contributed by atoms with E-state index in [-0.39, 0.29) is 96.8 Å². The fourth-order valence-electron chi connectivity index (χ4n) is 11.7. The van der Waals surface area contributed by atoms with Gasteiger partial charge in [0, 0.05) is 37.3 Å². The summed E-state index contributed by atoms with van der Waals surface area (Å²) in [7, 11) is 1.56. The quantitative estimate of drug-likeness (QED) is 0.00963. The van der Waals surface area contributed by atoms with Crippen molar-refractivity contribution in [1.82, 2.24) is 10.2 Å². The summed E-state index contributed by atoms with van der Waals surface area (Å²) in [6, 6.07) is 79.8. The molecule has 7 N–H and O–H groups in total. The van der Waals surface area contributed by atoms with Gasteiger partial charge in [-0.25, -0.2) is 10.7 Å². The normalized spacial score (nSPS) is 11.6. The van der Waals surface area contributed by atoms with Crippen molar-refractivity contribution in [2.75, 3.05) is 46.8 Å². The fourth-order valence-corrected chi connectivity index (χ4v) is 11.7. The number of Topliss-reactive ketones (excluding diaryl/α,β-unsaturated/α-hetero) is 1. The van der Waals surface area contributed by atoms with Gasteiger partial charge in [-0.3, -0.25) is 24.1 Å². The summed E-state index contributed by atoms with van der Waals surface area (Å²) in [4.78, 5) is 92.3. The number of nitrogens with one attached hydrogen (secondary N) is 1. The maximum atomic E-state index is 13.1. The molecule has 9 rings (SSSR count). The standard InChI is InChI=1S/C31H39NO3.C18H26O4.C15H17N.C15H22O.C12H16O.C7H12O4.C7H8O2.C6H14O2.2CO2.H3NO/c1-6-20-34-28-19-13-18-27(21-28)29(22-30(33)35-31(3,4)5)32(23-25-14-9-7-10-15-25)24(2)26-16-11-8-12-17-26;1-6-10-21-15-9-7-8-14(11-15)16(13(2)19)12-17(20)22-18(3,4)5;1-13(15-10-6-3-7-11-15)16-12-14-8-4-2-5-9-14;1-5-11-16-14-8-6-7-13(12-14)9-10-15(2,3)4;1-12(2,3)8-7-10-5-4-6-11(13)9-10;1-7(2,3)11-6(9)4-10-5-8;1-9-7-4-2-3-6(8)5-7;1-6(2,3)8-5-4-7;2*2-1-3;1-2/h7-19,21,24,29H,6,20,22-23H2,1-5H3;7-9,11,16H,6,10,12H2,1-5H3;2-11,13,16H,12H2,1H3;6-10,12H,5,11H2,1-4H3;4-9,13H,1-3H3;5H,4H2,1-3H3;2-5,8H,1H3;7H,4-5H2,1-3H3;;;2H,1H2/b;;;10-9+;8-7+;;;;;;/t24-,29+;16-;13-;;;;;;;;/m111......../s1. The van der Waals surface area contributed by atoms with E-state index in [1.54, 1.807) is 64.3 Å². The van der Waals surface area contributed by atoms with Gasteiger partial charge in [-0.2, -0.15) is 19.2 Å². The molecule has 0 aliphatic heterocycles. The molecule has 9 aromatic rings. The number of esters is 3. The van der Waals surface area contributed by atoms with Gasteiger partial charge < -0.3 is 68.5 Å². The van der Waals surface area contributed by atoms with Gasteiger partial charge in [0.15, 0.2) is 6.61 Å². The lowest BCUT2D eigenvalue weighted by molar-refractivity contribution is -0.193. The minimum absolute atomic E-state index is 0.0455. The fraction of sp³-hybridized carbons (Fsp3) is 0.425. The first kappa shape index (κ1) is 127. The third-order valence-electron chi connectivity index (χ3n) is 17.8. The number of carbonyl (C=O) groups is 5. The highest BCUT2D eigenvalue weighted by Crippen LogP contribution is 2.37. The lowest BCUT2D eigenvalue weighted by atomic mass is 9.92. The van der Waals surface area contributed by atoms with E-state index in [0.29, 0.717) is 43.9 Å². The van der Waals surface area contributed by atoms with Crippen molar-refractivity contribution in [2.24, 2.45) is 16.7 Å². The summed E-state index contributed by atoms with van der Waals surface area (Å²) >= 11 is 0. The number of methoxy groups -OCH3 is 1. The number of hydrogen-bond acceptors (Lipinski definition) is 25. The molecule has 0 aliphatic rings. The van der Waals surface area contributed by atoms with E-state index < -0.39 is 28.7 Å². The number of rotatable bonds is 33. The first-order valence-electron chi connectivity index (χ1n) is 46.1. The summed E-state index contributed by atoms with van der Waals surface area (Å²) < 4.78 is 47.2. The molecule has 0 unspecified atom stereocenters. The Kier molecular flexibility index (Phi) is 66.2. The van der Waals surface area contributed by atoms with Gasteiger partial charge in [0.2, 0.25) is 0 Å². The van der Waals surface area contributed by atoms with Gasteiger partial charge in [0.1, 0.15) is 57.1 Å². The van der Waals surface area contributed by atoms with Crippen molar-refractivity contribution >= 4 is 54.6 Å². The molecule has 0 fully saturated rings. The minimum atomic E-state index is -0.551. The van der Waals surface area contributed by atoms with E-state index in [0.717, 1.165) is 66.4 Å². The number of hydrogen-bond donors (Lipinski definition) is 6. The van der Waals surface area contributed by atoms with Gasteiger partial charge in [0.25, 0.3) is 6.47 Å². The second kappa shape index (κ2) is 71.8. The molecule has 9 aromatic carbocycles. The van der Waals surface area contributed by atoms with Crippen molar-refractivity contribution in [2.45, 2.75) is 258 Å². The van der Waals surface area contributed by atoms with Crippen LogP contribution in [0.15, 0.2) is 255 Å². The van der Waals surface area contributed by atoms with E-state index >= 15 is 0 Å². The van der Waals surface area contributed by atoms with Crippen molar-refractivity contribution in [1.29, 1.82) is 0 Å². The molecule has 0 bridgehead atoms. The number of aliphatic hydroxyl groups excluding tert-OH is 1. The molecule has 0 spiro atoms. The van der Waals surface area contributed by atoms with Crippen LogP contribution in [0.25, 0.3) is 12.2 Å². The lowest BCUT2D eigenvalue weighted by Crippen LogP contribution is -2.34. The Hall–Kier alpha value is -12.7. The van der Waals surface area contributed by atoms with Crippen molar-refractivity contribution in [3.8, 4) is 34.5 Å². The van der Waals surface area contributed by atoms with Crippen LogP contribution >= 0.6 is 0 Å². The third kappa shape index (κ3) is 68.3. The van der Waals surface area contributed by atoms with E-state index in [9.17, 15) is 29.1 Å². The molecule has 0 aromatic heterocycles. The van der Waals surface area contributed by atoms with Crippen LogP contribution in [0.1, 0.15) is 267 Å². The van der Waals surface area contributed by atoms with Gasteiger partial charge in [0.05, 0.1) is 64.5 Å². The molecule has 25 heteroatoms. The second-order valence-corrected chi connectivity index (χ2v) is 37.3. The highest BCUT2D eigenvalue weighted by atomic mass is 16.6. The third-order valence-corrected chi connectivity index (χ3v) is 17.8. The molecule has 0 saturated carbocycles. The number of benzene rings is 9. The molecule has 0 amide bonds. The zero-order valence-electron chi connectivity index (χ0n) is 86.1. The molecule has 0 radical (unpaired) electrons. The average Bonchev–Trinajstić information content (AvgIpc) is 0.814. The number of allylic oxidation sites excluding steroid dienone is 2. The summed E-state index contributed by atoms with van der Waals surface area (Å²) in [5.41, 5.74) is 7.81. The van der Waals surface area contributed by atoms with E-state index in [4.69, 9.17) is 72.5 Å². The Balaban J connectivity index is 0. The number of nitrogens with two attached hydrogens (primary N) is 1. The zero-order chi connectivity index (χ0) is 105. The Morgan fingerprint density at radius 3 is 1.20 bits per heavy atom. The first-order chi connectivity index (χ1) is 65.0. The predicted octanol–water partition coefficient (Wildman–Crippen LogP) is 23.8. The predicted molar refractivity (Wildman–Crippen MR) is 545 cm³/mol. The molecule has 0 aliphatic carbocycles. The van der Waals surface area contributed by atoms with Gasteiger partial charge >= 0.3 is 30.2 Å². The Labute approximate surface area is 821 Å². The van der Waals surface area contributed by atoms with Crippen LogP contribution in [-0.4, -0.2) is 137 Å². The Morgan fingerprint density at radius 2 is 0.804 bits per heavy atom. The number of ketones is 1. The van der Waals surface area contributed by atoms with E-state index in [1.807, 2.05) is 160 Å². The average molecular weight is 1910 g/mol. The summed E-state index contributed by atoms with van der Waals surface area (Å²) in [5.74, 6) is 5.55. The van der Waals surface area contributed by atoms with Crippen LogP contribution in [0.5, 0.6) is 34.5 Å². The van der Waals surface area contributed by atoms with Gasteiger partial charge in [-0.15, -0.1) is 0 Å². The van der Waals surface area contributed by atoms with E-state index in [1.165, 1.54) is 34.7 Å². The lowest BCUT2D eigenvalue weighted by Gasteiger charge is -2.37. The maximum Gasteiger partial charge on any atom is 0.373 e. The van der Waals surface area contributed by atoms with Crippen LogP contribution in [0, 0.1) is 10.8 Å². The number of aliphatic hydroxyl groups is 1. The first-order valence-corrected chi connectivity index (χ1v) is 46.1. The summed E-state index contributed by atoms with van der Waals surface area (Å²) in [6.07, 6.45) is 12.2. The second-order valence-electron chi connectivity index (χ2n) is 37.3. The zero-order valence-corrected chi connectivity index (χ0v) is 86.1. The summed E-state index contributed by atoms with van der Waals surface area (Å²) in [6.45, 7) is 51.6. The number of carbonyl (C=O) groups excluding carboxylic acids is 9. The number of nitrogens with zero attached hydrogens (tertiary/aromatic N) is 1. The van der Waals surface area contributed by atoms with Gasteiger partial charge in [-0.05, 0) is 239 Å². The van der Waals surface area contributed by atoms with Crippen LogP contribution in [0.4, 0.5) is 0 Å². The summed E-state index contributed by atoms with van der Waals surface area (Å²) in [5, 5.41) is 36.4. The van der Waals surface area contributed by atoms with Crippen molar-refractivity contribution in [3.63, 3.8) is 0 Å². The van der Waals surface area contributed by atoms with Crippen LogP contribution in [0.3, 0.4) is 0 Å². The minimum Gasteiger partial charge on any atom is -0.508 e. The van der Waals surface area contributed by atoms with Gasteiger partial charge in [-0.1, -0.05) is 263 Å². The SMILES string of the molecule is CC(C)(C)/C=C/c1cccc(O)c1.CC(C)(C)OC(=O)COC=O.CC(C)(C)OCCO.CCCOc1cccc(/C=C/C(C)(C)C)c1.CCCOc1cccc([C@H](CC(=O)OC(C)(C)C)C(C)=O)c1.CCCOc1cccc([C@H](CC(=O)OC(C)(C)C)N(Cc2ccccc2)[C@H](C)c2ccccc2)c1.COc1cccc(O)c1.C[C@@H](NCc1ccccc1)c1ccccc1.NO.O=C=O.O=C=O. The molecule has 25 nitrogen and oxygen atoms in total.